The molecule has 0 saturated carbocycles. The fourth-order valence-corrected chi connectivity index (χ4v) is 4.82. The lowest BCUT2D eigenvalue weighted by atomic mass is 9.81. The van der Waals surface area contributed by atoms with Crippen molar-refractivity contribution in [3.63, 3.8) is 0 Å². The van der Waals surface area contributed by atoms with Crippen LogP contribution in [-0.2, 0) is 10.0 Å². The topological polar surface area (TPSA) is 87.7 Å². The third-order valence-corrected chi connectivity index (χ3v) is 7.29. The highest BCUT2D eigenvalue weighted by molar-refractivity contribution is 7.89. The monoisotopic (exact) mass is 433 g/mol. The van der Waals surface area contributed by atoms with Gasteiger partial charge in [0.2, 0.25) is 10.0 Å². The fourth-order valence-electron chi connectivity index (χ4n) is 3.33. The van der Waals surface area contributed by atoms with Crippen LogP contribution in [-0.4, -0.2) is 58.5 Å². The normalized spacial score (nSPS) is 16.3. The lowest BCUT2D eigenvalue weighted by molar-refractivity contribution is 0.0919. The lowest BCUT2D eigenvalue weighted by Gasteiger charge is -2.34. The van der Waals surface area contributed by atoms with Gasteiger partial charge in [-0.1, -0.05) is 20.8 Å². The van der Waals surface area contributed by atoms with Gasteiger partial charge in [0.15, 0.2) is 0 Å². The number of nitrogens with zero attached hydrogens (tertiary/aromatic N) is 1. The minimum atomic E-state index is -3.64. The van der Waals surface area contributed by atoms with Crippen molar-refractivity contribution in [2.75, 3.05) is 39.8 Å². The number of amides is 1. The van der Waals surface area contributed by atoms with Crippen LogP contribution in [0.25, 0.3) is 0 Å². The molecule has 2 rings (SSSR count). The van der Waals surface area contributed by atoms with E-state index < -0.39 is 10.0 Å². The highest BCUT2D eigenvalue weighted by atomic mass is 35.5. The summed E-state index contributed by atoms with van der Waals surface area (Å²) in [5, 5.41) is 6.28. The van der Waals surface area contributed by atoms with Gasteiger partial charge in [-0.05, 0) is 49.5 Å². The van der Waals surface area contributed by atoms with E-state index in [2.05, 4.69) is 17.6 Å². The van der Waals surface area contributed by atoms with E-state index >= 15 is 0 Å². The van der Waals surface area contributed by atoms with Crippen LogP contribution in [0.4, 0.5) is 0 Å². The first-order valence-electron chi connectivity index (χ1n) is 9.44. The molecule has 0 radical (unpaired) electrons. The number of rotatable bonds is 8. The van der Waals surface area contributed by atoms with E-state index in [0.717, 1.165) is 25.9 Å². The number of halogens is 1. The van der Waals surface area contributed by atoms with Crippen LogP contribution in [0.1, 0.15) is 44.0 Å². The van der Waals surface area contributed by atoms with Crippen LogP contribution in [0, 0.1) is 5.41 Å². The van der Waals surface area contributed by atoms with E-state index in [-0.39, 0.29) is 34.2 Å². The number of methoxy groups -OCH3 is 1. The van der Waals surface area contributed by atoms with Crippen LogP contribution in [0.5, 0.6) is 5.75 Å². The standard InChI is InChI=1S/C19H31N3O4S.ClH/c1-5-22(6-2)27(24,25)15-7-8-17(26-4)16(13-15)18(23)21-14-19(3)9-11-20-12-10-19;/h7-8,13,20H,5-6,9-12,14H2,1-4H3,(H,21,23);1H. The molecule has 0 spiro atoms. The molecule has 1 saturated heterocycles. The number of piperidine rings is 1. The van der Waals surface area contributed by atoms with Gasteiger partial charge in [0.25, 0.3) is 5.91 Å². The number of carbonyl (C=O) groups excluding carboxylic acids is 1. The minimum Gasteiger partial charge on any atom is -0.496 e. The van der Waals surface area contributed by atoms with Crippen LogP contribution in [0.2, 0.25) is 0 Å². The molecule has 0 atom stereocenters. The third kappa shape index (κ3) is 5.59. The summed E-state index contributed by atoms with van der Waals surface area (Å²) in [6, 6.07) is 4.43. The Hall–Kier alpha value is -1.35. The molecule has 1 fully saturated rings. The number of hydrogen-bond acceptors (Lipinski definition) is 5. The molecule has 1 aromatic carbocycles. The van der Waals surface area contributed by atoms with Crippen molar-refractivity contribution in [3.05, 3.63) is 23.8 Å². The maximum Gasteiger partial charge on any atom is 0.255 e. The molecule has 9 heteroatoms. The minimum absolute atomic E-state index is 0. The van der Waals surface area contributed by atoms with E-state index in [1.54, 1.807) is 13.8 Å². The zero-order chi connectivity index (χ0) is 20.1. The fraction of sp³-hybridized carbons (Fsp3) is 0.632. The number of benzene rings is 1. The molecule has 28 heavy (non-hydrogen) atoms. The molecule has 1 aliphatic heterocycles. The van der Waals surface area contributed by atoms with Crippen molar-refractivity contribution in [2.24, 2.45) is 5.41 Å². The Kier molecular flexibility index (Phi) is 9.20. The first kappa shape index (κ1) is 24.7. The molecule has 1 aliphatic rings. The quantitative estimate of drug-likeness (QED) is 0.656. The number of nitrogens with one attached hydrogen (secondary N) is 2. The Morgan fingerprint density at radius 2 is 1.86 bits per heavy atom. The van der Waals surface area contributed by atoms with Crippen LogP contribution >= 0.6 is 12.4 Å². The van der Waals surface area contributed by atoms with Crippen molar-refractivity contribution in [2.45, 2.75) is 38.5 Å². The molecule has 7 nitrogen and oxygen atoms in total. The van der Waals surface area contributed by atoms with E-state index in [0.29, 0.717) is 25.4 Å². The largest absolute Gasteiger partial charge is 0.496 e. The molecular weight excluding hydrogens is 402 g/mol. The highest BCUT2D eigenvalue weighted by Gasteiger charge is 2.28. The second kappa shape index (κ2) is 10.4. The van der Waals surface area contributed by atoms with Gasteiger partial charge in [0, 0.05) is 19.6 Å². The van der Waals surface area contributed by atoms with Crippen LogP contribution in [0.3, 0.4) is 0 Å². The predicted molar refractivity (Wildman–Crippen MR) is 113 cm³/mol. The number of carbonyl (C=O) groups is 1. The summed E-state index contributed by atoms with van der Waals surface area (Å²) < 4.78 is 32.2. The first-order chi connectivity index (χ1) is 12.8. The third-order valence-electron chi connectivity index (χ3n) is 5.25. The Balaban J connectivity index is 0.00000392. The van der Waals surface area contributed by atoms with Gasteiger partial charge in [-0.25, -0.2) is 8.42 Å². The number of ether oxygens (including phenoxy) is 1. The first-order valence-corrected chi connectivity index (χ1v) is 10.9. The van der Waals surface area contributed by atoms with Crippen molar-refractivity contribution in [1.29, 1.82) is 0 Å². The summed E-state index contributed by atoms with van der Waals surface area (Å²) in [7, 11) is -2.17. The van der Waals surface area contributed by atoms with E-state index in [1.807, 2.05) is 0 Å². The smallest absolute Gasteiger partial charge is 0.255 e. The second-order valence-electron chi connectivity index (χ2n) is 7.19. The molecule has 160 valence electrons. The van der Waals surface area contributed by atoms with Gasteiger partial charge in [-0.3, -0.25) is 4.79 Å². The zero-order valence-electron chi connectivity index (χ0n) is 17.1. The summed E-state index contributed by atoms with van der Waals surface area (Å²) in [4.78, 5) is 12.9. The maximum absolute atomic E-state index is 12.8. The van der Waals surface area contributed by atoms with E-state index in [4.69, 9.17) is 4.74 Å². The number of sulfonamides is 1. The average molecular weight is 434 g/mol. The molecule has 1 aromatic rings. The average Bonchev–Trinajstić information content (AvgIpc) is 2.67. The molecule has 1 amide bonds. The van der Waals surface area contributed by atoms with E-state index in [9.17, 15) is 13.2 Å². The van der Waals surface area contributed by atoms with Crippen molar-refractivity contribution in [1.82, 2.24) is 14.9 Å². The van der Waals surface area contributed by atoms with Gasteiger partial charge in [-0.2, -0.15) is 4.31 Å². The maximum atomic E-state index is 12.8. The van der Waals surface area contributed by atoms with Crippen molar-refractivity contribution < 1.29 is 17.9 Å². The van der Waals surface area contributed by atoms with Gasteiger partial charge >= 0.3 is 0 Å². The Labute approximate surface area is 174 Å². The Bertz CT molecular complexity index is 760. The molecule has 0 aliphatic carbocycles. The predicted octanol–water partition coefficient (Wildman–Crippen LogP) is 2.27. The van der Waals surface area contributed by atoms with Crippen molar-refractivity contribution in [3.8, 4) is 5.75 Å². The molecule has 0 bridgehead atoms. The summed E-state index contributed by atoms with van der Waals surface area (Å²) in [5.41, 5.74) is 0.280. The van der Waals surface area contributed by atoms with Gasteiger partial charge in [-0.15, -0.1) is 12.4 Å². The van der Waals surface area contributed by atoms with Crippen molar-refractivity contribution >= 4 is 28.3 Å². The summed E-state index contributed by atoms with van der Waals surface area (Å²) in [6.45, 7) is 8.91. The zero-order valence-corrected chi connectivity index (χ0v) is 18.7. The molecule has 0 aromatic heterocycles. The summed E-state index contributed by atoms with van der Waals surface area (Å²) >= 11 is 0. The Morgan fingerprint density at radius 3 is 2.39 bits per heavy atom. The molecule has 0 unspecified atom stereocenters. The second-order valence-corrected chi connectivity index (χ2v) is 9.13. The van der Waals surface area contributed by atoms with E-state index in [1.165, 1.54) is 29.6 Å². The number of hydrogen-bond donors (Lipinski definition) is 2. The summed E-state index contributed by atoms with van der Waals surface area (Å²) in [6.07, 6.45) is 1.97. The molecule has 2 N–H and O–H groups in total. The van der Waals surface area contributed by atoms with Gasteiger partial charge in [0.05, 0.1) is 17.6 Å². The highest BCUT2D eigenvalue weighted by Crippen LogP contribution is 2.28. The molecule has 1 heterocycles. The van der Waals surface area contributed by atoms with Crippen LogP contribution < -0.4 is 15.4 Å². The lowest BCUT2D eigenvalue weighted by Crippen LogP contribution is -2.43. The van der Waals surface area contributed by atoms with Gasteiger partial charge < -0.3 is 15.4 Å². The summed E-state index contributed by atoms with van der Waals surface area (Å²) in [5.74, 6) is 0.0460. The van der Waals surface area contributed by atoms with Crippen LogP contribution in [0.15, 0.2) is 23.1 Å². The van der Waals surface area contributed by atoms with Gasteiger partial charge in [0.1, 0.15) is 5.75 Å². The Morgan fingerprint density at radius 1 is 1.25 bits per heavy atom. The SMILES string of the molecule is CCN(CC)S(=O)(=O)c1ccc(OC)c(C(=O)NCC2(C)CCNCC2)c1.Cl. The molecular formula is C19H32ClN3O4S.